The Bertz CT molecular complexity index is 506. The third-order valence-corrected chi connectivity index (χ3v) is 2.63. The van der Waals surface area contributed by atoms with Gasteiger partial charge in [0.15, 0.2) is 0 Å². The van der Waals surface area contributed by atoms with Crippen LogP contribution in [0.4, 0.5) is 0 Å². The van der Waals surface area contributed by atoms with Crippen LogP contribution in [0, 0.1) is 0 Å². The Morgan fingerprint density at radius 3 is 2.83 bits per heavy atom. The molecule has 1 aromatic heterocycles. The van der Waals surface area contributed by atoms with E-state index in [9.17, 15) is 0 Å². The van der Waals surface area contributed by atoms with E-state index in [-0.39, 0.29) is 6.08 Å². The standard InChI is InChI=1S/C14H18N2O2/c1-10(2)12-6-4-5-7-13(12)18-14-16-11(8-15-3)9-17-14/h4-7,9-10,15H,8H2,1-3H3. The predicted molar refractivity (Wildman–Crippen MR) is 69.9 cm³/mol. The summed E-state index contributed by atoms with van der Waals surface area (Å²) in [5.74, 6) is 1.19. The van der Waals surface area contributed by atoms with Crippen molar-refractivity contribution in [3.8, 4) is 11.8 Å². The summed E-state index contributed by atoms with van der Waals surface area (Å²) in [6.45, 7) is 4.92. The molecule has 96 valence electrons. The summed E-state index contributed by atoms with van der Waals surface area (Å²) in [4.78, 5) is 4.24. The van der Waals surface area contributed by atoms with Crippen molar-refractivity contribution >= 4 is 0 Å². The second kappa shape index (κ2) is 5.69. The van der Waals surface area contributed by atoms with Crippen molar-refractivity contribution in [2.75, 3.05) is 7.05 Å². The number of para-hydroxylation sites is 1. The third-order valence-electron chi connectivity index (χ3n) is 2.63. The quantitative estimate of drug-likeness (QED) is 0.879. The fourth-order valence-corrected chi connectivity index (χ4v) is 1.74. The predicted octanol–water partition coefficient (Wildman–Crippen LogP) is 3.31. The summed E-state index contributed by atoms with van der Waals surface area (Å²) >= 11 is 0. The number of benzene rings is 1. The zero-order valence-corrected chi connectivity index (χ0v) is 10.9. The minimum absolute atomic E-state index is 0.286. The molecular weight excluding hydrogens is 228 g/mol. The number of nitrogens with zero attached hydrogens (tertiary/aromatic N) is 1. The molecule has 0 unspecified atom stereocenters. The average Bonchev–Trinajstić information content (AvgIpc) is 2.77. The van der Waals surface area contributed by atoms with Gasteiger partial charge in [-0.05, 0) is 24.6 Å². The molecule has 4 nitrogen and oxygen atoms in total. The van der Waals surface area contributed by atoms with Crippen molar-refractivity contribution in [3.05, 3.63) is 41.8 Å². The fourth-order valence-electron chi connectivity index (χ4n) is 1.74. The molecule has 1 aromatic carbocycles. The molecule has 0 aliphatic carbocycles. The molecular formula is C14H18N2O2. The van der Waals surface area contributed by atoms with E-state index in [1.54, 1.807) is 6.26 Å². The van der Waals surface area contributed by atoms with Crippen LogP contribution in [-0.2, 0) is 6.54 Å². The maximum absolute atomic E-state index is 5.69. The third kappa shape index (κ3) is 2.90. The van der Waals surface area contributed by atoms with Gasteiger partial charge in [-0.15, -0.1) is 0 Å². The highest BCUT2D eigenvalue weighted by Gasteiger charge is 2.11. The molecule has 0 fully saturated rings. The highest BCUT2D eigenvalue weighted by molar-refractivity contribution is 5.36. The maximum Gasteiger partial charge on any atom is 0.399 e. The first-order valence-corrected chi connectivity index (χ1v) is 6.06. The zero-order valence-electron chi connectivity index (χ0n) is 10.9. The molecule has 0 saturated heterocycles. The minimum atomic E-state index is 0.286. The Morgan fingerprint density at radius 1 is 1.33 bits per heavy atom. The highest BCUT2D eigenvalue weighted by atomic mass is 16.6. The van der Waals surface area contributed by atoms with E-state index in [1.807, 2.05) is 25.2 Å². The van der Waals surface area contributed by atoms with E-state index in [0.717, 1.165) is 17.0 Å². The van der Waals surface area contributed by atoms with Crippen molar-refractivity contribution in [2.24, 2.45) is 0 Å². The van der Waals surface area contributed by atoms with Gasteiger partial charge in [0, 0.05) is 6.54 Å². The topological polar surface area (TPSA) is 47.3 Å². The molecule has 0 radical (unpaired) electrons. The molecule has 0 bridgehead atoms. The van der Waals surface area contributed by atoms with E-state index in [4.69, 9.17) is 9.15 Å². The van der Waals surface area contributed by atoms with Crippen LogP contribution in [0.25, 0.3) is 0 Å². The largest absolute Gasteiger partial charge is 0.417 e. The molecule has 0 aliphatic heterocycles. The van der Waals surface area contributed by atoms with Crippen LogP contribution in [-0.4, -0.2) is 12.0 Å². The van der Waals surface area contributed by atoms with Gasteiger partial charge in [0.2, 0.25) is 0 Å². The van der Waals surface area contributed by atoms with Crippen molar-refractivity contribution in [3.63, 3.8) is 0 Å². The van der Waals surface area contributed by atoms with E-state index in [1.165, 1.54) is 0 Å². The Hall–Kier alpha value is -1.81. The molecule has 0 aliphatic rings. The first kappa shape index (κ1) is 12.6. The molecule has 4 heteroatoms. The van der Waals surface area contributed by atoms with Crippen LogP contribution < -0.4 is 10.1 Å². The second-order valence-electron chi connectivity index (χ2n) is 4.43. The minimum Gasteiger partial charge on any atom is -0.417 e. The summed E-state index contributed by atoms with van der Waals surface area (Å²) in [6.07, 6.45) is 1.89. The lowest BCUT2D eigenvalue weighted by atomic mass is 10.0. The van der Waals surface area contributed by atoms with Gasteiger partial charge < -0.3 is 14.5 Å². The molecule has 1 N–H and O–H groups in total. The van der Waals surface area contributed by atoms with Crippen LogP contribution in [0.3, 0.4) is 0 Å². The summed E-state index contributed by atoms with van der Waals surface area (Å²) in [7, 11) is 1.86. The average molecular weight is 246 g/mol. The molecule has 0 atom stereocenters. The van der Waals surface area contributed by atoms with Gasteiger partial charge in [0.25, 0.3) is 0 Å². The molecule has 0 amide bonds. The number of oxazole rings is 1. The summed E-state index contributed by atoms with van der Waals surface area (Å²) < 4.78 is 11.0. The van der Waals surface area contributed by atoms with Crippen molar-refractivity contribution in [2.45, 2.75) is 26.3 Å². The number of hydrogen-bond acceptors (Lipinski definition) is 4. The van der Waals surface area contributed by atoms with E-state index in [0.29, 0.717) is 12.5 Å². The van der Waals surface area contributed by atoms with Gasteiger partial charge in [0.05, 0.1) is 5.69 Å². The monoisotopic (exact) mass is 246 g/mol. The molecule has 1 heterocycles. The van der Waals surface area contributed by atoms with Gasteiger partial charge in [0.1, 0.15) is 12.0 Å². The van der Waals surface area contributed by atoms with Gasteiger partial charge in [-0.1, -0.05) is 32.0 Å². The SMILES string of the molecule is CNCc1coc(Oc2ccccc2C(C)C)n1. The lowest BCUT2D eigenvalue weighted by Crippen LogP contribution is -2.04. The maximum atomic E-state index is 5.69. The molecule has 2 aromatic rings. The fraction of sp³-hybridized carbons (Fsp3) is 0.357. The summed E-state index contributed by atoms with van der Waals surface area (Å²) in [6, 6.07) is 7.93. The Morgan fingerprint density at radius 2 is 2.11 bits per heavy atom. The first-order valence-electron chi connectivity index (χ1n) is 6.06. The van der Waals surface area contributed by atoms with E-state index < -0.39 is 0 Å². The highest BCUT2D eigenvalue weighted by Crippen LogP contribution is 2.29. The normalized spacial score (nSPS) is 10.9. The number of nitrogens with one attached hydrogen (secondary N) is 1. The summed E-state index contributed by atoms with van der Waals surface area (Å²) in [5.41, 5.74) is 1.97. The lowest BCUT2D eigenvalue weighted by molar-refractivity contribution is 0.327. The Kier molecular flexibility index (Phi) is 3.99. The van der Waals surface area contributed by atoms with Crippen molar-refractivity contribution in [1.82, 2.24) is 10.3 Å². The van der Waals surface area contributed by atoms with Crippen LogP contribution >= 0.6 is 0 Å². The first-order chi connectivity index (χ1) is 8.70. The molecule has 18 heavy (non-hydrogen) atoms. The molecule has 2 rings (SSSR count). The van der Waals surface area contributed by atoms with Crippen LogP contribution in [0.5, 0.6) is 11.8 Å². The van der Waals surface area contributed by atoms with Crippen LogP contribution in [0.15, 0.2) is 34.9 Å². The van der Waals surface area contributed by atoms with Crippen molar-refractivity contribution < 1.29 is 9.15 Å². The van der Waals surface area contributed by atoms with Crippen molar-refractivity contribution in [1.29, 1.82) is 0 Å². The van der Waals surface area contributed by atoms with Crippen LogP contribution in [0.2, 0.25) is 0 Å². The number of rotatable bonds is 5. The Balaban J connectivity index is 2.17. The lowest BCUT2D eigenvalue weighted by Gasteiger charge is -2.10. The van der Waals surface area contributed by atoms with Gasteiger partial charge in [-0.2, -0.15) is 4.98 Å². The van der Waals surface area contributed by atoms with E-state index in [2.05, 4.69) is 30.2 Å². The second-order valence-corrected chi connectivity index (χ2v) is 4.43. The van der Waals surface area contributed by atoms with Gasteiger partial charge >= 0.3 is 6.08 Å². The molecule has 0 saturated carbocycles. The van der Waals surface area contributed by atoms with E-state index >= 15 is 0 Å². The van der Waals surface area contributed by atoms with Gasteiger partial charge in [-0.25, -0.2) is 0 Å². The molecule has 0 spiro atoms. The van der Waals surface area contributed by atoms with Crippen LogP contribution in [0.1, 0.15) is 31.0 Å². The zero-order chi connectivity index (χ0) is 13.0. The Labute approximate surface area is 107 Å². The number of hydrogen-bond donors (Lipinski definition) is 1. The number of ether oxygens (including phenoxy) is 1. The van der Waals surface area contributed by atoms with Gasteiger partial charge in [-0.3, -0.25) is 0 Å². The summed E-state index contributed by atoms with van der Waals surface area (Å²) in [5, 5.41) is 3.01. The number of aromatic nitrogens is 1. The smallest absolute Gasteiger partial charge is 0.399 e.